The third-order valence-corrected chi connectivity index (χ3v) is 4.41. The highest BCUT2D eigenvalue weighted by Crippen LogP contribution is 2.44. The molecule has 9 heteroatoms. The lowest BCUT2D eigenvalue weighted by molar-refractivity contribution is -0.231. The Balaban J connectivity index is 1.80. The van der Waals surface area contributed by atoms with Gasteiger partial charge in [0.2, 0.25) is 5.91 Å². The molecule has 3 aliphatic heterocycles. The molecule has 25 heavy (non-hydrogen) atoms. The predicted molar refractivity (Wildman–Crippen MR) is 84.2 cm³/mol. The highest BCUT2D eigenvalue weighted by Gasteiger charge is 2.62. The lowest BCUT2D eigenvalue weighted by atomic mass is 9.98. The number of fused-ring (bicyclic) bond motifs is 3. The van der Waals surface area contributed by atoms with Crippen LogP contribution in [-0.2, 0) is 33.3 Å². The van der Waals surface area contributed by atoms with E-state index >= 15 is 0 Å². The summed E-state index contributed by atoms with van der Waals surface area (Å²) in [5.74, 6) is -2.49. The fourth-order valence-electron chi connectivity index (χ4n) is 3.40. The van der Waals surface area contributed by atoms with Gasteiger partial charge < -0.3 is 34.3 Å². The van der Waals surface area contributed by atoms with Gasteiger partial charge in [-0.25, -0.2) is 0 Å². The van der Waals surface area contributed by atoms with Crippen LogP contribution in [-0.4, -0.2) is 67.2 Å². The average Bonchev–Trinajstić information content (AvgIpc) is 2.99. The second-order valence-corrected chi connectivity index (χ2v) is 7.43. The summed E-state index contributed by atoms with van der Waals surface area (Å²) >= 11 is 0. The standard InChI is InChI=1S/C16H26N2O7/c1-7(12(19)17-6)18-13(20)10-8-9(23-15(2,3)22-8)11-14(21-10)25-16(4,5)24-11/h7-11,14H,1-6H3,(H,17,19)(H,18,20)/t7-,8-,9+,10-,11-,14-/m1/s1. The molecule has 3 fully saturated rings. The van der Waals surface area contributed by atoms with Crippen LogP contribution in [0.5, 0.6) is 0 Å². The molecule has 0 saturated carbocycles. The second kappa shape index (κ2) is 6.17. The Kier molecular flexibility index (Phi) is 4.57. The molecule has 6 atom stereocenters. The van der Waals surface area contributed by atoms with Gasteiger partial charge >= 0.3 is 0 Å². The van der Waals surface area contributed by atoms with Gasteiger partial charge in [-0.15, -0.1) is 0 Å². The van der Waals surface area contributed by atoms with E-state index in [1.807, 2.05) is 0 Å². The minimum absolute atomic E-state index is 0.302. The summed E-state index contributed by atoms with van der Waals surface area (Å²) in [5, 5.41) is 5.12. The Bertz CT molecular complexity index is 565. The molecule has 0 aliphatic carbocycles. The molecule has 0 aromatic carbocycles. The van der Waals surface area contributed by atoms with Crippen LogP contribution in [0.4, 0.5) is 0 Å². The van der Waals surface area contributed by atoms with Gasteiger partial charge in [-0.05, 0) is 34.6 Å². The van der Waals surface area contributed by atoms with Crippen molar-refractivity contribution >= 4 is 11.8 Å². The molecule has 2 N–H and O–H groups in total. The molecule has 0 spiro atoms. The molecule has 3 saturated heterocycles. The van der Waals surface area contributed by atoms with Crippen molar-refractivity contribution in [2.75, 3.05) is 7.05 Å². The first kappa shape index (κ1) is 18.5. The van der Waals surface area contributed by atoms with Crippen LogP contribution in [0.2, 0.25) is 0 Å². The third kappa shape index (κ3) is 3.52. The van der Waals surface area contributed by atoms with Crippen molar-refractivity contribution in [3.8, 4) is 0 Å². The monoisotopic (exact) mass is 358 g/mol. The molecule has 0 aromatic rings. The number of amides is 2. The highest BCUT2D eigenvalue weighted by molar-refractivity contribution is 5.89. The van der Waals surface area contributed by atoms with Crippen molar-refractivity contribution in [1.29, 1.82) is 0 Å². The van der Waals surface area contributed by atoms with E-state index in [4.69, 9.17) is 23.7 Å². The smallest absolute Gasteiger partial charge is 0.252 e. The average molecular weight is 358 g/mol. The minimum Gasteiger partial charge on any atom is -0.357 e. The zero-order valence-electron chi connectivity index (χ0n) is 15.3. The number of ether oxygens (including phenoxy) is 5. The van der Waals surface area contributed by atoms with Crippen molar-refractivity contribution in [2.24, 2.45) is 0 Å². The van der Waals surface area contributed by atoms with Crippen LogP contribution in [0.3, 0.4) is 0 Å². The Labute approximate surface area is 146 Å². The maximum Gasteiger partial charge on any atom is 0.252 e. The van der Waals surface area contributed by atoms with Crippen molar-refractivity contribution in [1.82, 2.24) is 10.6 Å². The van der Waals surface area contributed by atoms with Gasteiger partial charge in [0.1, 0.15) is 24.4 Å². The Morgan fingerprint density at radius 1 is 0.920 bits per heavy atom. The van der Waals surface area contributed by atoms with Gasteiger partial charge in [-0.2, -0.15) is 0 Å². The molecule has 2 amide bonds. The van der Waals surface area contributed by atoms with E-state index in [9.17, 15) is 9.59 Å². The fourth-order valence-corrected chi connectivity index (χ4v) is 3.40. The van der Waals surface area contributed by atoms with E-state index < -0.39 is 54.2 Å². The normalized spacial score (nSPS) is 39.2. The first-order chi connectivity index (χ1) is 11.5. The van der Waals surface area contributed by atoms with Crippen molar-refractivity contribution in [3.63, 3.8) is 0 Å². The molecule has 9 nitrogen and oxygen atoms in total. The van der Waals surface area contributed by atoms with E-state index in [1.165, 1.54) is 7.05 Å². The van der Waals surface area contributed by atoms with Crippen molar-refractivity contribution in [2.45, 2.75) is 82.9 Å². The Morgan fingerprint density at radius 2 is 1.48 bits per heavy atom. The maximum atomic E-state index is 12.7. The van der Waals surface area contributed by atoms with E-state index in [-0.39, 0.29) is 5.91 Å². The third-order valence-electron chi connectivity index (χ3n) is 4.41. The molecule has 0 aromatic heterocycles. The predicted octanol–water partition coefficient (Wildman–Crippen LogP) is -0.366. The quantitative estimate of drug-likeness (QED) is 0.709. The van der Waals surface area contributed by atoms with Crippen LogP contribution in [0.1, 0.15) is 34.6 Å². The van der Waals surface area contributed by atoms with Gasteiger partial charge in [0.15, 0.2) is 24.0 Å². The lowest BCUT2D eigenvalue weighted by Gasteiger charge is -2.36. The van der Waals surface area contributed by atoms with Gasteiger partial charge in [-0.1, -0.05) is 0 Å². The van der Waals surface area contributed by atoms with Crippen molar-refractivity contribution in [3.05, 3.63) is 0 Å². The summed E-state index contributed by atoms with van der Waals surface area (Å²) in [7, 11) is 1.50. The molecular weight excluding hydrogens is 332 g/mol. The minimum atomic E-state index is -0.974. The van der Waals surface area contributed by atoms with E-state index in [0.29, 0.717) is 0 Å². The van der Waals surface area contributed by atoms with Gasteiger partial charge in [0.05, 0.1) is 0 Å². The summed E-state index contributed by atoms with van der Waals surface area (Å²) < 4.78 is 29.3. The lowest BCUT2D eigenvalue weighted by Crippen LogP contribution is -2.61. The maximum absolute atomic E-state index is 12.7. The number of carbonyl (C=O) groups excluding carboxylic acids is 2. The van der Waals surface area contributed by atoms with Gasteiger partial charge in [-0.3, -0.25) is 9.59 Å². The number of hydrogen-bond donors (Lipinski definition) is 2. The number of nitrogens with one attached hydrogen (secondary N) is 2. The van der Waals surface area contributed by atoms with Gasteiger partial charge in [0, 0.05) is 7.05 Å². The first-order valence-electron chi connectivity index (χ1n) is 8.42. The van der Waals surface area contributed by atoms with E-state index in [2.05, 4.69) is 10.6 Å². The largest absolute Gasteiger partial charge is 0.357 e. The number of rotatable bonds is 3. The highest BCUT2D eigenvalue weighted by atomic mass is 16.9. The topological polar surface area (TPSA) is 104 Å². The van der Waals surface area contributed by atoms with Crippen LogP contribution >= 0.6 is 0 Å². The summed E-state index contributed by atoms with van der Waals surface area (Å²) in [5.41, 5.74) is 0. The second-order valence-electron chi connectivity index (χ2n) is 7.43. The van der Waals surface area contributed by atoms with Gasteiger partial charge in [0.25, 0.3) is 5.91 Å². The van der Waals surface area contributed by atoms with Crippen LogP contribution in [0, 0.1) is 0 Å². The Morgan fingerprint density at radius 3 is 2.12 bits per heavy atom. The zero-order chi connectivity index (χ0) is 18.6. The zero-order valence-corrected chi connectivity index (χ0v) is 15.3. The molecule has 3 rings (SSSR count). The molecule has 142 valence electrons. The Hall–Kier alpha value is -1.26. The molecule has 0 unspecified atom stereocenters. The number of carbonyl (C=O) groups is 2. The first-order valence-corrected chi connectivity index (χ1v) is 8.42. The molecule has 0 bridgehead atoms. The van der Waals surface area contributed by atoms with Crippen LogP contribution in [0.15, 0.2) is 0 Å². The molecular formula is C16H26N2O7. The number of likely N-dealkylation sites (N-methyl/N-ethyl adjacent to an activating group) is 1. The molecule has 0 radical (unpaired) electrons. The molecule has 3 aliphatic rings. The van der Waals surface area contributed by atoms with E-state index in [1.54, 1.807) is 34.6 Å². The summed E-state index contributed by atoms with van der Waals surface area (Å²) in [6, 6.07) is -0.704. The fraction of sp³-hybridized carbons (Fsp3) is 0.875. The SMILES string of the molecule is CNC(=O)[C@@H](C)NC(=O)[C@@H]1O[C@@H]2OC(C)(C)O[C@@H]2[C@H]2OC(C)(C)O[C@H]21. The summed E-state index contributed by atoms with van der Waals surface area (Å²) in [6.45, 7) is 8.67. The van der Waals surface area contributed by atoms with E-state index in [0.717, 1.165) is 0 Å². The van der Waals surface area contributed by atoms with Crippen LogP contribution < -0.4 is 10.6 Å². The summed E-state index contributed by atoms with van der Waals surface area (Å²) in [4.78, 5) is 24.3. The summed E-state index contributed by atoms with van der Waals surface area (Å²) in [6.07, 6.45) is -3.40. The number of hydrogen-bond acceptors (Lipinski definition) is 7. The van der Waals surface area contributed by atoms with Crippen LogP contribution in [0.25, 0.3) is 0 Å². The van der Waals surface area contributed by atoms with Crippen molar-refractivity contribution < 1.29 is 33.3 Å². The molecule has 3 heterocycles.